The molecule has 1 fully saturated rings. The fourth-order valence-corrected chi connectivity index (χ4v) is 6.36. The van der Waals surface area contributed by atoms with Crippen molar-refractivity contribution < 1.29 is 33.3 Å². The van der Waals surface area contributed by atoms with E-state index in [4.69, 9.17) is 23.7 Å². The molecule has 8 heteroatoms. The number of benzene rings is 2. The largest absolute Gasteiger partial charge is 0.496 e. The van der Waals surface area contributed by atoms with Crippen molar-refractivity contribution in [1.82, 2.24) is 5.32 Å². The Balaban J connectivity index is 1.63. The number of hydrogen-bond donors (Lipinski definition) is 1. The first-order valence-electron chi connectivity index (χ1n) is 13.8. The number of nitrogens with one attached hydrogen (secondary N) is 1. The molecule has 2 atom stereocenters. The van der Waals surface area contributed by atoms with E-state index in [1.165, 1.54) is 0 Å². The van der Waals surface area contributed by atoms with Gasteiger partial charge in [0.15, 0.2) is 17.3 Å². The van der Waals surface area contributed by atoms with E-state index in [-0.39, 0.29) is 17.8 Å². The molecule has 0 saturated heterocycles. The zero-order valence-electron chi connectivity index (χ0n) is 23.8. The molecule has 0 amide bonds. The molecule has 0 spiro atoms. The third-order valence-corrected chi connectivity index (χ3v) is 8.22. The highest BCUT2D eigenvalue weighted by Crippen LogP contribution is 2.50. The van der Waals surface area contributed by atoms with Crippen molar-refractivity contribution in [1.29, 1.82) is 0 Å². The molecule has 40 heavy (non-hydrogen) atoms. The first-order valence-corrected chi connectivity index (χ1v) is 13.8. The number of carbonyl (C=O) groups is 2. The number of hydrogen-bond acceptors (Lipinski definition) is 8. The van der Waals surface area contributed by atoms with Gasteiger partial charge in [-0.2, -0.15) is 0 Å². The van der Waals surface area contributed by atoms with E-state index >= 15 is 0 Å². The molecule has 2 unspecified atom stereocenters. The minimum absolute atomic E-state index is 0.0259. The molecule has 5 rings (SSSR count). The molecular weight excluding hydrogens is 510 g/mol. The fraction of sp³-hybridized carbons (Fsp3) is 0.438. The van der Waals surface area contributed by atoms with E-state index in [2.05, 4.69) is 5.32 Å². The van der Waals surface area contributed by atoms with Gasteiger partial charge in [-0.3, -0.25) is 4.79 Å². The lowest BCUT2D eigenvalue weighted by molar-refractivity contribution is -0.144. The van der Waals surface area contributed by atoms with Crippen LogP contribution in [0.2, 0.25) is 0 Å². The second-order valence-electron chi connectivity index (χ2n) is 10.5. The molecule has 212 valence electrons. The number of rotatable bonds is 8. The number of Topliss-reactive ketones (excluding diaryl/α,β-unsaturated/α-hetero) is 1. The van der Waals surface area contributed by atoms with Crippen molar-refractivity contribution in [2.45, 2.75) is 63.4 Å². The molecule has 1 saturated carbocycles. The van der Waals surface area contributed by atoms with Crippen molar-refractivity contribution in [2.24, 2.45) is 0 Å². The van der Waals surface area contributed by atoms with Gasteiger partial charge in [0, 0.05) is 35.2 Å². The summed E-state index contributed by atoms with van der Waals surface area (Å²) >= 11 is 0. The van der Waals surface area contributed by atoms with Gasteiger partial charge in [-0.1, -0.05) is 18.2 Å². The number of allylic oxidation sites excluding steroid dienone is 3. The Hall–Kier alpha value is -3.94. The SMILES string of the molecule is COc1ccccc1C1CC(=O)C2=C(C1)NC(C)=C(C(=O)OC1CCCC1)C2c1cc(OC)c(OC)c(OC)c1. The molecule has 1 N–H and O–H groups in total. The van der Waals surface area contributed by atoms with Crippen molar-refractivity contribution in [2.75, 3.05) is 28.4 Å². The summed E-state index contributed by atoms with van der Waals surface area (Å²) in [5.74, 6) is 0.972. The molecule has 1 aliphatic heterocycles. The van der Waals surface area contributed by atoms with Gasteiger partial charge in [0.2, 0.25) is 5.75 Å². The summed E-state index contributed by atoms with van der Waals surface area (Å²) in [6.07, 6.45) is 4.59. The summed E-state index contributed by atoms with van der Waals surface area (Å²) in [5.41, 5.74) is 4.18. The summed E-state index contributed by atoms with van der Waals surface area (Å²) in [6, 6.07) is 11.4. The Kier molecular flexibility index (Phi) is 8.05. The van der Waals surface area contributed by atoms with Crippen LogP contribution in [0, 0.1) is 0 Å². The maximum atomic E-state index is 14.0. The third-order valence-electron chi connectivity index (χ3n) is 8.22. The lowest BCUT2D eigenvalue weighted by Crippen LogP contribution is -2.36. The maximum absolute atomic E-state index is 14.0. The van der Waals surface area contributed by atoms with Gasteiger partial charge < -0.3 is 29.0 Å². The second kappa shape index (κ2) is 11.7. The summed E-state index contributed by atoms with van der Waals surface area (Å²) in [6.45, 7) is 1.87. The maximum Gasteiger partial charge on any atom is 0.337 e. The van der Waals surface area contributed by atoms with Crippen LogP contribution in [0.25, 0.3) is 0 Å². The highest BCUT2D eigenvalue weighted by molar-refractivity contribution is 6.04. The molecule has 8 nitrogen and oxygen atoms in total. The number of dihydropyridines is 1. The van der Waals surface area contributed by atoms with E-state index in [0.717, 1.165) is 42.7 Å². The van der Waals surface area contributed by atoms with Crippen molar-refractivity contribution in [3.63, 3.8) is 0 Å². The topological polar surface area (TPSA) is 92.3 Å². The Labute approximate surface area is 235 Å². The quantitative estimate of drug-likeness (QED) is 0.429. The summed E-state index contributed by atoms with van der Waals surface area (Å²) < 4.78 is 28.4. The number of ketones is 1. The van der Waals surface area contributed by atoms with Crippen LogP contribution in [0.1, 0.15) is 68.4 Å². The van der Waals surface area contributed by atoms with Crippen molar-refractivity contribution in [3.8, 4) is 23.0 Å². The van der Waals surface area contributed by atoms with Crippen LogP contribution in [0.15, 0.2) is 58.9 Å². The van der Waals surface area contributed by atoms with Gasteiger partial charge in [0.05, 0.1) is 34.0 Å². The van der Waals surface area contributed by atoms with Gasteiger partial charge in [0.1, 0.15) is 11.9 Å². The molecule has 0 radical (unpaired) electrons. The average Bonchev–Trinajstić information content (AvgIpc) is 3.48. The molecule has 3 aliphatic rings. The van der Waals surface area contributed by atoms with E-state index in [9.17, 15) is 9.59 Å². The Morgan fingerprint density at radius 2 is 1.52 bits per heavy atom. The Morgan fingerprint density at radius 3 is 2.15 bits per heavy atom. The molecule has 0 bridgehead atoms. The number of esters is 1. The van der Waals surface area contributed by atoms with E-state index < -0.39 is 11.9 Å². The average molecular weight is 548 g/mol. The van der Waals surface area contributed by atoms with Crippen LogP contribution in [0.4, 0.5) is 0 Å². The van der Waals surface area contributed by atoms with Crippen LogP contribution in [-0.2, 0) is 14.3 Å². The number of ether oxygens (including phenoxy) is 5. The first-order chi connectivity index (χ1) is 19.4. The monoisotopic (exact) mass is 547 g/mol. The molecule has 1 heterocycles. The predicted octanol–water partition coefficient (Wildman–Crippen LogP) is 5.57. The lowest BCUT2D eigenvalue weighted by Gasteiger charge is -2.37. The van der Waals surface area contributed by atoms with Crippen LogP contribution >= 0.6 is 0 Å². The third kappa shape index (κ3) is 5.03. The van der Waals surface area contributed by atoms with Crippen LogP contribution in [-0.4, -0.2) is 46.3 Å². The lowest BCUT2D eigenvalue weighted by atomic mass is 9.71. The van der Waals surface area contributed by atoms with Gasteiger partial charge in [0.25, 0.3) is 0 Å². The minimum Gasteiger partial charge on any atom is -0.496 e. The van der Waals surface area contributed by atoms with Gasteiger partial charge >= 0.3 is 5.97 Å². The smallest absolute Gasteiger partial charge is 0.337 e. The Morgan fingerprint density at radius 1 is 0.875 bits per heavy atom. The zero-order valence-corrected chi connectivity index (χ0v) is 23.8. The first kappa shape index (κ1) is 27.6. The van der Waals surface area contributed by atoms with Crippen LogP contribution < -0.4 is 24.3 Å². The van der Waals surface area contributed by atoms with Crippen molar-refractivity contribution >= 4 is 11.8 Å². The molecule has 2 aromatic carbocycles. The molecule has 0 aromatic heterocycles. The van der Waals surface area contributed by atoms with E-state index in [1.54, 1.807) is 28.4 Å². The van der Waals surface area contributed by atoms with Crippen LogP contribution in [0.5, 0.6) is 23.0 Å². The summed E-state index contributed by atoms with van der Waals surface area (Å²) in [7, 11) is 6.28. The molecule has 2 aliphatic carbocycles. The molecular formula is C32H37NO7. The predicted molar refractivity (Wildman–Crippen MR) is 150 cm³/mol. The highest BCUT2D eigenvalue weighted by Gasteiger charge is 2.43. The normalized spacial score (nSPS) is 21.1. The number of para-hydroxylation sites is 1. The second-order valence-corrected chi connectivity index (χ2v) is 10.5. The fourth-order valence-electron chi connectivity index (χ4n) is 6.36. The van der Waals surface area contributed by atoms with Crippen LogP contribution in [0.3, 0.4) is 0 Å². The summed E-state index contributed by atoms with van der Waals surface area (Å²) in [5, 5.41) is 3.43. The standard InChI is InChI=1S/C32H37NO7/c1-18-28(32(35)40-21-10-6-7-11-21)29(20-16-26(37-3)31(39-5)27(17-20)38-4)30-23(33-18)14-19(15-24(30)34)22-12-8-9-13-25(22)36-2/h8-9,12-13,16-17,19,21,29,33H,6-7,10-11,14-15H2,1-5H3. The van der Waals surface area contributed by atoms with Crippen molar-refractivity contribution in [3.05, 3.63) is 70.1 Å². The summed E-state index contributed by atoms with van der Waals surface area (Å²) in [4.78, 5) is 27.8. The van der Waals surface area contributed by atoms with E-state index in [0.29, 0.717) is 52.5 Å². The minimum atomic E-state index is -0.648. The number of methoxy groups -OCH3 is 4. The van der Waals surface area contributed by atoms with Gasteiger partial charge in [-0.25, -0.2) is 4.79 Å². The molecule has 2 aromatic rings. The van der Waals surface area contributed by atoms with Gasteiger partial charge in [-0.15, -0.1) is 0 Å². The van der Waals surface area contributed by atoms with E-state index in [1.807, 2.05) is 43.3 Å². The number of carbonyl (C=O) groups excluding carboxylic acids is 2. The van der Waals surface area contributed by atoms with Gasteiger partial charge in [-0.05, 0) is 68.4 Å². The Bertz CT molecular complexity index is 1340. The zero-order chi connectivity index (χ0) is 28.4. The highest BCUT2D eigenvalue weighted by atomic mass is 16.5.